The summed E-state index contributed by atoms with van der Waals surface area (Å²) in [6, 6.07) is 6.84. The van der Waals surface area contributed by atoms with Crippen LogP contribution in [0.3, 0.4) is 0 Å². The molecule has 6 aliphatic rings. The van der Waals surface area contributed by atoms with Crippen molar-refractivity contribution in [3.63, 3.8) is 0 Å². The summed E-state index contributed by atoms with van der Waals surface area (Å²) in [5.74, 6) is 0.963. The fourth-order valence-corrected chi connectivity index (χ4v) is 8.44. The average molecular weight is 943 g/mol. The second-order valence-corrected chi connectivity index (χ2v) is 17.6. The molecule has 4 bridgehead atoms. The highest BCUT2D eigenvalue weighted by Crippen LogP contribution is 2.38. The van der Waals surface area contributed by atoms with Crippen LogP contribution < -0.4 is 40.5 Å². The number of ether oxygens (including phenoxy) is 8. The number of piperidine rings is 2. The molecule has 4 atom stereocenters. The molecular formula is C45H58N12O11. The first-order valence-electron chi connectivity index (χ1n) is 22.5. The zero-order valence-corrected chi connectivity index (χ0v) is 39.0. The monoisotopic (exact) mass is 942 g/mol. The number of nitrogens with one attached hydrogen (secondary N) is 2. The van der Waals surface area contributed by atoms with Gasteiger partial charge in [0.05, 0.1) is 69.6 Å². The van der Waals surface area contributed by atoms with E-state index in [-0.39, 0.29) is 35.9 Å². The number of nitrogen functional groups attached to an aromatic ring is 1. The molecule has 4 N–H and O–H groups in total. The van der Waals surface area contributed by atoms with Gasteiger partial charge < -0.3 is 58.7 Å². The fraction of sp³-hybridized carbons (Fsp3) is 0.533. The summed E-state index contributed by atoms with van der Waals surface area (Å²) in [5, 5.41) is 6.18. The lowest BCUT2D eigenvalue weighted by atomic mass is 10.0. The van der Waals surface area contributed by atoms with Gasteiger partial charge in [0.1, 0.15) is 48.6 Å². The smallest absolute Gasteiger partial charge is 0.376 e. The Morgan fingerprint density at radius 2 is 1.34 bits per heavy atom. The Morgan fingerprint density at radius 3 is 1.91 bits per heavy atom. The first kappa shape index (κ1) is 47.8. The number of carbonyl (C=O) groups excluding carboxylic acids is 3. The summed E-state index contributed by atoms with van der Waals surface area (Å²) in [5.41, 5.74) is 7.16. The van der Waals surface area contributed by atoms with Gasteiger partial charge in [-0.3, -0.25) is 10.2 Å². The lowest BCUT2D eigenvalue weighted by molar-refractivity contribution is -0.141. The van der Waals surface area contributed by atoms with E-state index in [4.69, 9.17) is 38.9 Å². The molecule has 0 spiro atoms. The summed E-state index contributed by atoms with van der Waals surface area (Å²) in [7, 11) is 2.60. The minimum absolute atomic E-state index is 0.0347. The van der Waals surface area contributed by atoms with Crippen LogP contribution in [0.25, 0.3) is 0 Å². The number of nitrogens with two attached hydrogens (primary N) is 1. The van der Waals surface area contributed by atoms with E-state index in [0.29, 0.717) is 73.7 Å². The maximum absolute atomic E-state index is 13.3. The van der Waals surface area contributed by atoms with Crippen LogP contribution in [0.2, 0.25) is 0 Å². The predicted octanol–water partition coefficient (Wildman–Crippen LogP) is 4.06. The summed E-state index contributed by atoms with van der Waals surface area (Å²) in [6.45, 7) is 12.8. The molecule has 0 saturated carbocycles. The second kappa shape index (κ2) is 20.7. The quantitative estimate of drug-likeness (QED) is 0.200. The van der Waals surface area contributed by atoms with Crippen LogP contribution in [-0.4, -0.2) is 151 Å². The highest BCUT2D eigenvalue weighted by molar-refractivity contribution is 6.04. The number of fused-ring (bicyclic) bond motifs is 8. The van der Waals surface area contributed by atoms with Gasteiger partial charge in [-0.25, -0.2) is 44.3 Å². The van der Waals surface area contributed by atoms with E-state index in [1.54, 1.807) is 54.0 Å². The lowest BCUT2D eigenvalue weighted by Crippen LogP contribution is -2.56. The van der Waals surface area contributed by atoms with Gasteiger partial charge in [-0.2, -0.15) is 0 Å². The summed E-state index contributed by atoms with van der Waals surface area (Å²) >= 11 is 0. The normalized spacial score (nSPS) is 22.4. The molecule has 0 unspecified atom stereocenters. The molecule has 23 heteroatoms. The Bertz CT molecular complexity index is 2410. The van der Waals surface area contributed by atoms with Gasteiger partial charge in [-0.15, -0.1) is 0 Å². The largest absolute Gasteiger partial charge is 0.489 e. The number of rotatable bonds is 9. The molecule has 10 heterocycles. The number of pyridine rings is 2. The van der Waals surface area contributed by atoms with Gasteiger partial charge in [0.2, 0.25) is 11.6 Å². The summed E-state index contributed by atoms with van der Waals surface area (Å²) in [4.78, 5) is 67.7. The fourth-order valence-electron chi connectivity index (χ4n) is 8.44. The molecule has 4 fully saturated rings. The van der Waals surface area contributed by atoms with Crippen LogP contribution in [0.15, 0.2) is 49.1 Å². The molecule has 68 heavy (non-hydrogen) atoms. The number of aromatic nitrogens is 6. The maximum Gasteiger partial charge on any atom is 0.376 e. The van der Waals surface area contributed by atoms with Crippen molar-refractivity contribution in [1.29, 1.82) is 0 Å². The van der Waals surface area contributed by atoms with Crippen LogP contribution in [0.1, 0.15) is 74.6 Å². The molecule has 364 valence electrons. The van der Waals surface area contributed by atoms with Crippen LogP contribution >= 0.6 is 0 Å². The van der Waals surface area contributed by atoms with E-state index in [1.165, 1.54) is 20.6 Å². The van der Waals surface area contributed by atoms with Gasteiger partial charge in [-0.05, 0) is 77.6 Å². The second-order valence-electron chi connectivity index (χ2n) is 17.6. The zero-order chi connectivity index (χ0) is 48.0. The highest BCUT2D eigenvalue weighted by atomic mass is 16.8. The number of hydrogen-bond donors (Lipinski definition) is 3. The molecule has 4 aromatic rings. The maximum atomic E-state index is 13.3. The van der Waals surface area contributed by atoms with E-state index in [9.17, 15) is 14.4 Å². The molecule has 2 amide bonds. The van der Waals surface area contributed by atoms with E-state index in [0.717, 1.165) is 50.4 Å². The summed E-state index contributed by atoms with van der Waals surface area (Å²) < 4.78 is 42.9. The lowest BCUT2D eigenvalue weighted by Gasteiger charge is -2.45. The van der Waals surface area contributed by atoms with Gasteiger partial charge in [0.15, 0.2) is 23.2 Å². The van der Waals surface area contributed by atoms with Gasteiger partial charge in [-0.1, -0.05) is 0 Å². The first-order chi connectivity index (χ1) is 32.7. The SMILES string of the molecule is CC1(C)OC[C@@H](COc2ccc(N)nc2)O1.COC(=O)c1ncc2c(n1)N(C(=O)Nc1ccc(OC[C@@H]3COC(C)(C)O3)cn1)[C@H]1CCCN2C1.COC(=O)c1ncc2c(n1)N[C@H]1CCCN2C1. The molecule has 10 rings (SSSR count). The van der Waals surface area contributed by atoms with E-state index >= 15 is 0 Å². The third kappa shape index (κ3) is 11.7. The van der Waals surface area contributed by atoms with Crippen molar-refractivity contribution in [1.82, 2.24) is 29.9 Å². The Balaban J connectivity index is 0.000000157. The van der Waals surface area contributed by atoms with Crippen molar-refractivity contribution in [2.75, 3.05) is 97.9 Å². The van der Waals surface area contributed by atoms with Crippen molar-refractivity contribution in [3.05, 3.63) is 60.7 Å². The Labute approximate surface area is 393 Å². The molecular weight excluding hydrogens is 885 g/mol. The molecule has 0 radical (unpaired) electrons. The number of methoxy groups -OCH3 is 2. The van der Waals surface area contributed by atoms with E-state index in [2.05, 4.69) is 55.1 Å². The highest BCUT2D eigenvalue weighted by Gasteiger charge is 2.40. The minimum Gasteiger partial charge on any atom is -0.489 e. The predicted molar refractivity (Wildman–Crippen MR) is 246 cm³/mol. The molecule has 0 aromatic carbocycles. The third-order valence-electron chi connectivity index (χ3n) is 11.6. The Morgan fingerprint density at radius 1 is 0.750 bits per heavy atom. The Hall–Kier alpha value is -6.69. The number of hydrogen-bond acceptors (Lipinski definition) is 21. The van der Waals surface area contributed by atoms with Crippen LogP contribution in [0, 0.1) is 0 Å². The Kier molecular flexibility index (Phi) is 14.5. The van der Waals surface area contributed by atoms with Crippen LogP contribution in [0.5, 0.6) is 11.5 Å². The van der Waals surface area contributed by atoms with Gasteiger partial charge >= 0.3 is 18.0 Å². The number of carbonyl (C=O) groups is 3. The van der Waals surface area contributed by atoms with E-state index < -0.39 is 23.5 Å². The minimum atomic E-state index is -0.658. The van der Waals surface area contributed by atoms with Gasteiger partial charge in [0.25, 0.3) is 0 Å². The first-order valence-corrected chi connectivity index (χ1v) is 22.5. The number of esters is 2. The van der Waals surface area contributed by atoms with Crippen LogP contribution in [0.4, 0.5) is 39.4 Å². The number of amides is 2. The topological polar surface area (TPSA) is 262 Å². The van der Waals surface area contributed by atoms with E-state index in [1.807, 2.05) is 27.7 Å². The number of nitrogens with zero attached hydrogens (tertiary/aromatic N) is 9. The standard InChI is InChI=1S/C23H28N6O6.C11H14N4O2.C11H16N2O3/c1-23(2)34-13-16(35-23)12-33-15-6-7-18(24-9-15)26-22(31)29-14-5-4-8-28(11-14)17-10-25-19(21(30)32-3)27-20(17)29;1-17-11(16)10-12-5-8-9(14-10)13-7-3-2-4-15(8)6-7;1-11(2)15-7-9(16-11)6-14-8-3-4-10(12)13-5-8/h6-7,9-10,14,16H,4-5,8,11-13H2,1-3H3,(H,24,26,31);5,7H,2-4,6H2,1H3,(H,12,13,14);3-5,9H,6-7H2,1-2H3,(H2,12,13)/t14-,16+;7-;9-/m001/s1. The zero-order valence-electron chi connectivity index (χ0n) is 39.0. The average Bonchev–Trinajstić information content (AvgIpc) is 3.89. The molecule has 6 aliphatic heterocycles. The van der Waals surface area contributed by atoms with Crippen LogP contribution in [-0.2, 0) is 28.4 Å². The molecule has 4 aromatic heterocycles. The summed E-state index contributed by atoms with van der Waals surface area (Å²) in [6.07, 6.45) is 10.3. The third-order valence-corrected chi connectivity index (χ3v) is 11.6. The molecule has 23 nitrogen and oxygen atoms in total. The van der Waals surface area contributed by atoms with Crippen molar-refractivity contribution < 1.29 is 52.3 Å². The van der Waals surface area contributed by atoms with Crippen molar-refractivity contribution in [2.45, 2.75) is 89.2 Å². The van der Waals surface area contributed by atoms with Gasteiger partial charge in [0, 0.05) is 32.2 Å². The number of anilines is 6. The number of urea groups is 1. The van der Waals surface area contributed by atoms with Crippen molar-refractivity contribution in [3.8, 4) is 11.5 Å². The molecule has 0 aliphatic carbocycles. The van der Waals surface area contributed by atoms with Crippen molar-refractivity contribution >= 4 is 52.6 Å². The molecule has 4 saturated heterocycles. The van der Waals surface area contributed by atoms with Crippen molar-refractivity contribution in [2.24, 2.45) is 0 Å².